The lowest BCUT2D eigenvalue weighted by Crippen LogP contribution is -2.20. The molecule has 2 unspecified atom stereocenters. The van der Waals surface area contributed by atoms with E-state index in [1.807, 2.05) is 13.0 Å². The summed E-state index contributed by atoms with van der Waals surface area (Å²) in [6.45, 7) is 3.74. The van der Waals surface area contributed by atoms with Crippen LogP contribution in [0.3, 0.4) is 0 Å². The standard InChI is InChI=1S/C21H27NO3/c1-4-18(23)20-15-10-11-22-13-17(14-8-6-5-7-9-14)16(15)12-19(24-2)21(20)25-3/h5-9,12,17-18,22-23H,4,10-11,13H2,1-3H3. The molecular formula is C21H27NO3. The molecule has 4 heteroatoms. The van der Waals surface area contributed by atoms with E-state index in [1.54, 1.807) is 14.2 Å². The monoisotopic (exact) mass is 341 g/mol. The van der Waals surface area contributed by atoms with E-state index in [-0.39, 0.29) is 5.92 Å². The van der Waals surface area contributed by atoms with Gasteiger partial charge >= 0.3 is 0 Å². The maximum Gasteiger partial charge on any atom is 0.166 e. The number of methoxy groups -OCH3 is 2. The minimum Gasteiger partial charge on any atom is -0.493 e. The highest BCUT2D eigenvalue weighted by Crippen LogP contribution is 2.44. The van der Waals surface area contributed by atoms with Gasteiger partial charge in [-0.25, -0.2) is 0 Å². The highest BCUT2D eigenvalue weighted by molar-refractivity contribution is 5.58. The van der Waals surface area contributed by atoms with Crippen molar-refractivity contribution in [3.63, 3.8) is 0 Å². The molecule has 0 aromatic heterocycles. The van der Waals surface area contributed by atoms with E-state index in [0.29, 0.717) is 17.9 Å². The van der Waals surface area contributed by atoms with Gasteiger partial charge < -0.3 is 19.9 Å². The van der Waals surface area contributed by atoms with Gasteiger partial charge in [0.15, 0.2) is 11.5 Å². The predicted molar refractivity (Wildman–Crippen MR) is 99.7 cm³/mol. The predicted octanol–water partition coefficient (Wildman–Crippen LogP) is 3.42. The smallest absolute Gasteiger partial charge is 0.166 e. The highest BCUT2D eigenvalue weighted by Gasteiger charge is 2.29. The average molecular weight is 341 g/mol. The zero-order chi connectivity index (χ0) is 17.8. The largest absolute Gasteiger partial charge is 0.493 e. The van der Waals surface area contributed by atoms with Crippen LogP contribution in [0.1, 0.15) is 47.6 Å². The Morgan fingerprint density at radius 2 is 1.96 bits per heavy atom. The number of hydrogen-bond acceptors (Lipinski definition) is 4. The number of ether oxygens (including phenoxy) is 2. The molecule has 2 aromatic carbocycles. The molecule has 4 nitrogen and oxygen atoms in total. The fourth-order valence-corrected chi connectivity index (χ4v) is 3.78. The van der Waals surface area contributed by atoms with Crippen LogP contribution in [-0.4, -0.2) is 32.4 Å². The molecule has 1 aliphatic rings. The first-order chi connectivity index (χ1) is 12.2. The molecule has 0 saturated heterocycles. The van der Waals surface area contributed by atoms with Crippen molar-refractivity contribution >= 4 is 0 Å². The maximum atomic E-state index is 10.7. The Morgan fingerprint density at radius 1 is 1.20 bits per heavy atom. The van der Waals surface area contributed by atoms with Gasteiger partial charge in [0.05, 0.1) is 20.3 Å². The summed E-state index contributed by atoms with van der Waals surface area (Å²) in [4.78, 5) is 0. The third-order valence-electron chi connectivity index (χ3n) is 5.05. The van der Waals surface area contributed by atoms with Crippen molar-refractivity contribution in [3.8, 4) is 11.5 Å². The molecule has 134 valence electrons. The number of fused-ring (bicyclic) bond motifs is 1. The van der Waals surface area contributed by atoms with Crippen LogP contribution in [-0.2, 0) is 6.42 Å². The van der Waals surface area contributed by atoms with E-state index >= 15 is 0 Å². The number of rotatable bonds is 5. The van der Waals surface area contributed by atoms with Gasteiger partial charge in [0.2, 0.25) is 0 Å². The zero-order valence-electron chi connectivity index (χ0n) is 15.2. The first-order valence-corrected chi connectivity index (χ1v) is 8.92. The van der Waals surface area contributed by atoms with E-state index < -0.39 is 6.10 Å². The van der Waals surface area contributed by atoms with Crippen molar-refractivity contribution in [1.82, 2.24) is 5.32 Å². The Hall–Kier alpha value is -2.04. The van der Waals surface area contributed by atoms with Gasteiger partial charge in [-0.2, -0.15) is 0 Å². The third kappa shape index (κ3) is 3.37. The molecule has 0 bridgehead atoms. The quantitative estimate of drug-likeness (QED) is 0.875. The van der Waals surface area contributed by atoms with Crippen molar-refractivity contribution in [2.24, 2.45) is 0 Å². The van der Waals surface area contributed by atoms with Crippen LogP contribution in [0.25, 0.3) is 0 Å². The number of aliphatic hydroxyl groups is 1. The van der Waals surface area contributed by atoms with Crippen LogP contribution in [0.15, 0.2) is 36.4 Å². The van der Waals surface area contributed by atoms with Crippen molar-refractivity contribution in [2.45, 2.75) is 31.8 Å². The second-order valence-corrected chi connectivity index (χ2v) is 6.43. The zero-order valence-corrected chi connectivity index (χ0v) is 15.2. The minimum absolute atomic E-state index is 0.223. The molecule has 0 radical (unpaired) electrons. The lowest BCUT2D eigenvalue weighted by atomic mass is 9.84. The highest BCUT2D eigenvalue weighted by atomic mass is 16.5. The fourth-order valence-electron chi connectivity index (χ4n) is 3.78. The average Bonchev–Trinajstić information content (AvgIpc) is 2.88. The summed E-state index contributed by atoms with van der Waals surface area (Å²) >= 11 is 0. The van der Waals surface area contributed by atoms with Crippen molar-refractivity contribution in [2.75, 3.05) is 27.3 Å². The van der Waals surface area contributed by atoms with E-state index in [4.69, 9.17) is 9.47 Å². The van der Waals surface area contributed by atoms with Crippen LogP contribution in [0.5, 0.6) is 11.5 Å². The molecule has 25 heavy (non-hydrogen) atoms. The molecule has 2 N–H and O–H groups in total. The van der Waals surface area contributed by atoms with Crippen molar-refractivity contribution in [3.05, 3.63) is 58.7 Å². The maximum absolute atomic E-state index is 10.7. The fraction of sp³-hybridized carbons (Fsp3) is 0.429. The minimum atomic E-state index is -0.562. The number of nitrogens with one attached hydrogen (secondary N) is 1. The first kappa shape index (κ1) is 17.8. The molecule has 1 aliphatic heterocycles. The topological polar surface area (TPSA) is 50.7 Å². The third-order valence-corrected chi connectivity index (χ3v) is 5.05. The van der Waals surface area contributed by atoms with Crippen LogP contribution >= 0.6 is 0 Å². The summed E-state index contributed by atoms with van der Waals surface area (Å²) in [5, 5.41) is 14.2. The summed E-state index contributed by atoms with van der Waals surface area (Å²) in [5.74, 6) is 1.57. The molecule has 0 amide bonds. The molecule has 0 fully saturated rings. The molecule has 2 aromatic rings. The number of aliphatic hydroxyl groups excluding tert-OH is 1. The summed E-state index contributed by atoms with van der Waals surface area (Å²) in [7, 11) is 3.29. The lowest BCUT2D eigenvalue weighted by molar-refractivity contribution is 0.167. The Labute approximate surface area is 149 Å². The van der Waals surface area contributed by atoms with Gasteiger partial charge in [-0.3, -0.25) is 0 Å². The molecule has 3 rings (SSSR count). The lowest BCUT2D eigenvalue weighted by Gasteiger charge is -2.25. The Balaban J connectivity index is 2.24. The van der Waals surface area contributed by atoms with Gasteiger partial charge in [0, 0.05) is 18.0 Å². The van der Waals surface area contributed by atoms with Crippen molar-refractivity contribution in [1.29, 1.82) is 0 Å². The molecule has 0 saturated carbocycles. The van der Waals surface area contributed by atoms with E-state index in [9.17, 15) is 5.11 Å². The Kier molecular flexibility index (Phi) is 5.61. The summed E-state index contributed by atoms with van der Waals surface area (Å²) < 4.78 is 11.2. The van der Waals surface area contributed by atoms with Crippen LogP contribution in [0.2, 0.25) is 0 Å². The normalized spacial score (nSPS) is 18.2. The molecule has 2 atom stereocenters. The number of benzene rings is 2. The van der Waals surface area contributed by atoms with Gasteiger partial charge in [-0.05, 0) is 42.1 Å². The molecule has 1 heterocycles. The van der Waals surface area contributed by atoms with E-state index in [2.05, 4.69) is 35.6 Å². The van der Waals surface area contributed by atoms with E-state index in [1.165, 1.54) is 16.7 Å². The van der Waals surface area contributed by atoms with Gasteiger partial charge in [0.1, 0.15) is 0 Å². The Morgan fingerprint density at radius 3 is 2.60 bits per heavy atom. The van der Waals surface area contributed by atoms with Crippen molar-refractivity contribution < 1.29 is 14.6 Å². The molecule has 0 spiro atoms. The van der Waals surface area contributed by atoms with E-state index in [0.717, 1.165) is 25.1 Å². The van der Waals surface area contributed by atoms with Crippen LogP contribution < -0.4 is 14.8 Å². The summed E-state index contributed by atoms with van der Waals surface area (Å²) in [6.07, 6.45) is 0.943. The number of hydrogen-bond donors (Lipinski definition) is 2. The second-order valence-electron chi connectivity index (χ2n) is 6.43. The van der Waals surface area contributed by atoms with Crippen LogP contribution in [0, 0.1) is 0 Å². The Bertz CT molecular complexity index is 715. The molecular weight excluding hydrogens is 314 g/mol. The van der Waals surface area contributed by atoms with Gasteiger partial charge in [-0.1, -0.05) is 37.3 Å². The van der Waals surface area contributed by atoms with Gasteiger partial charge in [0.25, 0.3) is 0 Å². The second kappa shape index (κ2) is 7.89. The SMILES string of the molecule is CCC(O)c1c2c(cc(OC)c1OC)C(c1ccccc1)CNCC2. The summed E-state index contributed by atoms with van der Waals surface area (Å²) in [5.41, 5.74) is 4.55. The molecule has 0 aliphatic carbocycles. The first-order valence-electron chi connectivity index (χ1n) is 8.92. The van der Waals surface area contributed by atoms with Gasteiger partial charge in [-0.15, -0.1) is 0 Å². The van der Waals surface area contributed by atoms with Crippen LogP contribution in [0.4, 0.5) is 0 Å². The summed E-state index contributed by atoms with van der Waals surface area (Å²) in [6, 6.07) is 12.6.